The second-order valence-corrected chi connectivity index (χ2v) is 3.93. The first kappa shape index (κ1) is 13.8. The summed E-state index contributed by atoms with van der Waals surface area (Å²) in [6.45, 7) is 3.09. The average Bonchev–Trinajstić information content (AvgIpc) is 2.13. The first-order chi connectivity index (χ1) is 6.40. The largest absolute Gasteiger partial charge is 0.394 e. The van der Waals surface area contributed by atoms with E-state index in [1.165, 1.54) is 0 Å². The molecule has 0 rings (SSSR count). The lowest BCUT2D eigenvalue weighted by Crippen LogP contribution is -2.46. The molecule has 0 fully saturated rings. The van der Waals surface area contributed by atoms with Crippen molar-refractivity contribution >= 4 is 0 Å². The van der Waals surface area contributed by atoms with Gasteiger partial charge in [0.25, 0.3) is 0 Å². The lowest BCUT2D eigenvalue weighted by molar-refractivity contribution is -0.118. The summed E-state index contributed by atoms with van der Waals surface area (Å²) >= 11 is 0. The van der Waals surface area contributed by atoms with Gasteiger partial charge in [0.05, 0.1) is 12.7 Å². The van der Waals surface area contributed by atoms with Crippen molar-refractivity contribution in [3.05, 3.63) is 0 Å². The minimum atomic E-state index is -1.52. The number of hydrogen-bond acceptors (Lipinski definition) is 5. The van der Waals surface area contributed by atoms with Crippen LogP contribution < -0.4 is 0 Å². The minimum Gasteiger partial charge on any atom is -0.394 e. The normalized spacial score (nSPS) is 20.6. The van der Waals surface area contributed by atoms with E-state index in [4.69, 9.17) is 10.2 Å². The minimum absolute atomic E-state index is 0.179. The summed E-state index contributed by atoms with van der Waals surface area (Å²) < 4.78 is 0. The molecule has 14 heavy (non-hydrogen) atoms. The molecule has 0 unspecified atom stereocenters. The molecule has 0 aromatic carbocycles. The molecule has 0 spiro atoms. The van der Waals surface area contributed by atoms with Crippen molar-refractivity contribution < 1.29 is 25.5 Å². The van der Waals surface area contributed by atoms with E-state index < -0.39 is 31.0 Å². The highest BCUT2D eigenvalue weighted by Crippen LogP contribution is 2.12. The maximum Gasteiger partial charge on any atom is 0.110 e. The molecule has 0 aromatic heterocycles. The Morgan fingerprint density at radius 2 is 1.29 bits per heavy atom. The Morgan fingerprint density at radius 3 is 1.64 bits per heavy atom. The highest BCUT2D eigenvalue weighted by molar-refractivity contribution is 4.80. The molecule has 5 heteroatoms. The summed E-state index contributed by atoms with van der Waals surface area (Å²) in [6, 6.07) is 0. The zero-order valence-corrected chi connectivity index (χ0v) is 8.54. The molecular formula is C9H20O5. The topological polar surface area (TPSA) is 101 Å². The molecule has 0 saturated heterocycles. The molecule has 5 nitrogen and oxygen atoms in total. The van der Waals surface area contributed by atoms with Gasteiger partial charge in [-0.25, -0.2) is 0 Å². The van der Waals surface area contributed by atoms with Gasteiger partial charge in [0.2, 0.25) is 0 Å². The Balaban J connectivity index is 4.09. The lowest BCUT2D eigenvalue weighted by Gasteiger charge is -2.26. The van der Waals surface area contributed by atoms with Crippen LogP contribution >= 0.6 is 0 Å². The Morgan fingerprint density at radius 1 is 0.857 bits per heavy atom. The van der Waals surface area contributed by atoms with Crippen molar-refractivity contribution in [2.45, 2.75) is 44.7 Å². The van der Waals surface area contributed by atoms with Crippen LogP contribution in [0.2, 0.25) is 0 Å². The van der Waals surface area contributed by atoms with Crippen LogP contribution in [-0.4, -0.2) is 56.6 Å². The molecule has 86 valence electrons. The Labute approximate surface area is 83.6 Å². The summed E-state index contributed by atoms with van der Waals surface area (Å²) in [5.74, 6) is 0.179. The smallest absolute Gasteiger partial charge is 0.110 e. The zero-order valence-electron chi connectivity index (χ0n) is 8.54. The molecule has 0 saturated carbocycles. The number of aliphatic hydroxyl groups is 5. The van der Waals surface area contributed by atoms with Gasteiger partial charge in [-0.05, 0) is 12.3 Å². The van der Waals surface area contributed by atoms with Gasteiger partial charge in [0.1, 0.15) is 18.3 Å². The van der Waals surface area contributed by atoms with Gasteiger partial charge in [-0.3, -0.25) is 0 Å². The molecule has 0 aliphatic carbocycles. The van der Waals surface area contributed by atoms with Gasteiger partial charge in [0, 0.05) is 0 Å². The van der Waals surface area contributed by atoms with Gasteiger partial charge >= 0.3 is 0 Å². The second kappa shape index (κ2) is 6.31. The van der Waals surface area contributed by atoms with Crippen LogP contribution in [-0.2, 0) is 0 Å². The van der Waals surface area contributed by atoms with Crippen LogP contribution in [0.15, 0.2) is 0 Å². The monoisotopic (exact) mass is 208 g/mol. The van der Waals surface area contributed by atoms with Gasteiger partial charge in [-0.1, -0.05) is 13.8 Å². The molecule has 4 atom stereocenters. The van der Waals surface area contributed by atoms with Crippen LogP contribution in [0.25, 0.3) is 0 Å². The third-order valence-electron chi connectivity index (χ3n) is 2.04. The molecule has 0 bridgehead atoms. The predicted octanol–water partition coefficient (Wildman–Crippen LogP) is -1.53. The van der Waals surface area contributed by atoms with Gasteiger partial charge < -0.3 is 25.5 Å². The van der Waals surface area contributed by atoms with E-state index in [0.29, 0.717) is 6.42 Å². The summed E-state index contributed by atoms with van der Waals surface area (Å²) in [7, 11) is 0. The molecule has 0 aromatic rings. The fraction of sp³-hybridized carbons (Fsp3) is 1.00. The van der Waals surface area contributed by atoms with E-state index in [-0.39, 0.29) is 5.92 Å². The quantitative estimate of drug-likeness (QED) is 0.364. The molecule has 0 amide bonds. The summed E-state index contributed by atoms with van der Waals surface area (Å²) in [4.78, 5) is 0. The highest BCUT2D eigenvalue weighted by Gasteiger charge is 2.29. The summed E-state index contributed by atoms with van der Waals surface area (Å²) in [5, 5.41) is 45.5. The predicted molar refractivity (Wildman–Crippen MR) is 50.6 cm³/mol. The SMILES string of the molecule is CC(C)C[C@@H](O)[C@@H](O)[C@H](O)[C@@H](O)CO. The van der Waals surface area contributed by atoms with Crippen LogP contribution in [0.4, 0.5) is 0 Å². The van der Waals surface area contributed by atoms with Crippen molar-refractivity contribution in [1.82, 2.24) is 0 Å². The molecule has 0 radical (unpaired) electrons. The van der Waals surface area contributed by atoms with E-state index in [0.717, 1.165) is 0 Å². The summed E-state index contributed by atoms with van der Waals surface area (Å²) in [6.07, 6.45) is -5.14. The van der Waals surface area contributed by atoms with Crippen LogP contribution in [0, 0.1) is 5.92 Å². The Hall–Kier alpha value is -0.200. The van der Waals surface area contributed by atoms with E-state index in [1.807, 2.05) is 13.8 Å². The second-order valence-electron chi connectivity index (χ2n) is 3.93. The van der Waals surface area contributed by atoms with Crippen molar-refractivity contribution in [3.8, 4) is 0 Å². The molecule has 5 N–H and O–H groups in total. The van der Waals surface area contributed by atoms with E-state index in [2.05, 4.69) is 0 Å². The third-order valence-corrected chi connectivity index (χ3v) is 2.04. The average molecular weight is 208 g/mol. The van der Waals surface area contributed by atoms with E-state index >= 15 is 0 Å². The van der Waals surface area contributed by atoms with Crippen molar-refractivity contribution in [2.75, 3.05) is 6.61 Å². The van der Waals surface area contributed by atoms with Gasteiger partial charge in [-0.15, -0.1) is 0 Å². The zero-order chi connectivity index (χ0) is 11.3. The Bertz CT molecular complexity index is 150. The maximum atomic E-state index is 9.40. The highest BCUT2D eigenvalue weighted by atomic mass is 16.4. The number of rotatable bonds is 6. The van der Waals surface area contributed by atoms with Crippen LogP contribution in [0.5, 0.6) is 0 Å². The first-order valence-electron chi connectivity index (χ1n) is 4.73. The molecular weight excluding hydrogens is 188 g/mol. The third kappa shape index (κ3) is 4.34. The van der Waals surface area contributed by atoms with Crippen LogP contribution in [0.1, 0.15) is 20.3 Å². The fourth-order valence-electron chi connectivity index (χ4n) is 1.19. The van der Waals surface area contributed by atoms with Crippen LogP contribution in [0.3, 0.4) is 0 Å². The maximum absolute atomic E-state index is 9.40. The van der Waals surface area contributed by atoms with E-state index in [9.17, 15) is 15.3 Å². The lowest BCUT2D eigenvalue weighted by atomic mass is 9.96. The summed E-state index contributed by atoms with van der Waals surface area (Å²) in [5.41, 5.74) is 0. The van der Waals surface area contributed by atoms with Crippen molar-refractivity contribution in [3.63, 3.8) is 0 Å². The van der Waals surface area contributed by atoms with Crippen molar-refractivity contribution in [2.24, 2.45) is 5.92 Å². The molecule has 0 aliphatic rings. The number of aliphatic hydroxyl groups excluding tert-OH is 5. The first-order valence-corrected chi connectivity index (χ1v) is 4.73. The van der Waals surface area contributed by atoms with E-state index in [1.54, 1.807) is 0 Å². The number of hydrogen-bond donors (Lipinski definition) is 5. The Kier molecular flexibility index (Phi) is 6.22. The standard InChI is InChI=1S/C9H20O5/c1-5(2)3-6(11)8(13)9(14)7(12)4-10/h5-14H,3-4H2,1-2H3/t6-,7+,8-,9-/m1/s1. The fourth-order valence-corrected chi connectivity index (χ4v) is 1.19. The molecule has 0 aliphatic heterocycles. The van der Waals surface area contributed by atoms with Gasteiger partial charge in [0.15, 0.2) is 0 Å². The molecule has 0 heterocycles. The van der Waals surface area contributed by atoms with Gasteiger partial charge in [-0.2, -0.15) is 0 Å². The van der Waals surface area contributed by atoms with Crippen molar-refractivity contribution in [1.29, 1.82) is 0 Å².